The molecule has 8 heteroatoms. The van der Waals surface area contributed by atoms with E-state index in [1.165, 1.54) is 0 Å². The number of carbonyl (C=O) groups is 2. The van der Waals surface area contributed by atoms with E-state index in [2.05, 4.69) is 20.8 Å². The summed E-state index contributed by atoms with van der Waals surface area (Å²) in [6.07, 6.45) is 6.22. The van der Waals surface area contributed by atoms with Crippen molar-refractivity contribution < 1.29 is 38.6 Å². The molecule has 0 aliphatic heterocycles. The number of hydrogen-bond acceptors (Lipinski definition) is 8. The van der Waals surface area contributed by atoms with E-state index in [9.17, 15) is 9.59 Å². The number of rotatable bonds is 18. The van der Waals surface area contributed by atoms with Crippen LogP contribution in [0.3, 0.4) is 0 Å². The van der Waals surface area contributed by atoms with Gasteiger partial charge in [0.05, 0.1) is 24.3 Å². The van der Waals surface area contributed by atoms with Gasteiger partial charge in [0.1, 0.15) is 11.5 Å². The van der Waals surface area contributed by atoms with Crippen LogP contribution in [0.15, 0.2) is 48.5 Å². The van der Waals surface area contributed by atoms with Gasteiger partial charge in [0.2, 0.25) is 0 Å². The first kappa shape index (κ1) is 29.1. The third-order valence-corrected chi connectivity index (χ3v) is 5.01. The zero-order valence-corrected chi connectivity index (χ0v) is 21.2. The van der Waals surface area contributed by atoms with E-state index in [1.54, 1.807) is 48.5 Å². The zero-order valence-electron chi connectivity index (χ0n) is 21.2. The molecule has 0 aromatic heterocycles. The van der Waals surface area contributed by atoms with Crippen LogP contribution in [0.5, 0.6) is 11.5 Å². The van der Waals surface area contributed by atoms with Crippen LogP contribution >= 0.6 is 0 Å². The first-order chi connectivity index (χ1) is 17.6. The minimum Gasteiger partial charge on any atom is -0.494 e. The van der Waals surface area contributed by atoms with Crippen LogP contribution in [0.25, 0.3) is 0 Å². The van der Waals surface area contributed by atoms with Crippen LogP contribution in [0.2, 0.25) is 0 Å². The Hall–Kier alpha value is -3.10. The van der Waals surface area contributed by atoms with Crippen molar-refractivity contribution in [2.75, 3.05) is 13.2 Å². The van der Waals surface area contributed by atoms with Crippen LogP contribution in [0, 0.1) is 13.2 Å². The Morgan fingerprint density at radius 3 is 1.47 bits per heavy atom. The van der Waals surface area contributed by atoms with E-state index >= 15 is 0 Å². The largest absolute Gasteiger partial charge is 0.494 e. The Kier molecular flexibility index (Phi) is 14.0. The quantitative estimate of drug-likeness (QED) is 0.125. The zero-order chi connectivity index (χ0) is 26.0. The summed E-state index contributed by atoms with van der Waals surface area (Å²) in [5, 5.41) is 0. The summed E-state index contributed by atoms with van der Waals surface area (Å²) in [4.78, 5) is 44.6. The second kappa shape index (κ2) is 17.3. The molecule has 2 radical (unpaired) electrons. The van der Waals surface area contributed by atoms with E-state index in [0.717, 1.165) is 32.1 Å². The summed E-state index contributed by atoms with van der Waals surface area (Å²) in [6.45, 7) is 9.18. The van der Waals surface area contributed by atoms with E-state index in [0.29, 0.717) is 37.6 Å². The van der Waals surface area contributed by atoms with Gasteiger partial charge in [-0.2, -0.15) is 0 Å². The fourth-order valence-corrected chi connectivity index (χ4v) is 2.85. The molecule has 0 aliphatic carbocycles. The highest BCUT2D eigenvalue weighted by Crippen LogP contribution is 2.20. The molecule has 0 saturated carbocycles. The fourth-order valence-electron chi connectivity index (χ4n) is 2.85. The highest BCUT2D eigenvalue weighted by Gasteiger charge is 2.21. The monoisotopic (exact) mass is 500 g/mol. The van der Waals surface area contributed by atoms with Crippen LogP contribution in [0.1, 0.15) is 85.9 Å². The Labute approximate surface area is 213 Å². The summed E-state index contributed by atoms with van der Waals surface area (Å²) in [5.74, 6) is -0.119. The number of unbranched alkanes of at least 4 members (excludes halogenated alkanes) is 4. The predicted octanol–water partition coefficient (Wildman–Crippen LogP) is 6.81. The van der Waals surface area contributed by atoms with E-state index < -0.39 is 11.9 Å². The first-order valence-corrected chi connectivity index (χ1v) is 12.5. The summed E-state index contributed by atoms with van der Waals surface area (Å²) >= 11 is 0. The van der Waals surface area contributed by atoms with Crippen molar-refractivity contribution >= 4 is 11.9 Å². The average Bonchev–Trinajstić information content (AvgIpc) is 2.90. The highest BCUT2D eigenvalue weighted by atomic mass is 17.3. The summed E-state index contributed by atoms with van der Waals surface area (Å²) in [6, 6.07) is 13.0. The van der Waals surface area contributed by atoms with Crippen LogP contribution in [-0.4, -0.2) is 25.2 Å². The van der Waals surface area contributed by atoms with Gasteiger partial charge in [0.15, 0.2) is 0 Å². The van der Waals surface area contributed by atoms with Crippen LogP contribution in [-0.2, 0) is 19.6 Å². The van der Waals surface area contributed by atoms with Crippen molar-refractivity contribution in [3.8, 4) is 11.5 Å². The van der Waals surface area contributed by atoms with Gasteiger partial charge in [0, 0.05) is 6.42 Å². The van der Waals surface area contributed by atoms with Crippen molar-refractivity contribution in [3.63, 3.8) is 0 Å². The molecular formula is C28H36O8. The molecule has 2 aromatic rings. The Morgan fingerprint density at radius 2 is 1.08 bits per heavy atom. The molecule has 36 heavy (non-hydrogen) atoms. The van der Waals surface area contributed by atoms with Gasteiger partial charge in [-0.25, -0.2) is 9.59 Å². The molecule has 0 saturated heterocycles. The molecular weight excluding hydrogens is 464 g/mol. The number of benzene rings is 2. The summed E-state index contributed by atoms with van der Waals surface area (Å²) < 4.78 is 11.2. The molecule has 2 rings (SSSR count). The second-order valence-corrected chi connectivity index (χ2v) is 8.04. The maximum absolute atomic E-state index is 12.4. The summed E-state index contributed by atoms with van der Waals surface area (Å²) in [5.41, 5.74) is 0.543. The van der Waals surface area contributed by atoms with Gasteiger partial charge in [0.25, 0.3) is 0 Å². The van der Waals surface area contributed by atoms with Crippen LogP contribution < -0.4 is 9.47 Å². The maximum Gasteiger partial charge on any atom is 0.373 e. The normalized spacial score (nSPS) is 10.8. The minimum absolute atomic E-state index is 0.149. The molecule has 0 N–H and O–H groups in total. The standard InChI is InChI=1S/C28H36O8/c1-4-7-10-11-26(33-35-27(29)22-12-16-24(17-13-22)31-20-8-5-2)34-36-28(30)23-14-18-25(19-15-23)32-21-9-6-3/h12-19H,1,4-11,20-21H2,2-3H3. The molecule has 196 valence electrons. The fraction of sp³-hybridized carbons (Fsp3) is 0.429. The molecule has 0 heterocycles. The maximum atomic E-state index is 12.4. The second-order valence-electron chi connectivity index (χ2n) is 8.04. The Balaban J connectivity index is 1.85. The SMILES string of the molecule is [CH2]CCCC[C](OOC(=O)c1ccc(OCCCC)cc1)OOC(=O)c1ccc(OCCCC)cc1. The van der Waals surface area contributed by atoms with Gasteiger partial charge in [-0.15, -0.1) is 9.78 Å². The van der Waals surface area contributed by atoms with Gasteiger partial charge < -0.3 is 9.47 Å². The molecule has 0 spiro atoms. The number of hydrogen-bond donors (Lipinski definition) is 0. The van der Waals surface area contributed by atoms with Crippen molar-refractivity contribution in [1.82, 2.24) is 0 Å². The molecule has 8 nitrogen and oxygen atoms in total. The highest BCUT2D eigenvalue weighted by molar-refractivity contribution is 5.89. The third kappa shape index (κ3) is 11.1. The number of carbonyl (C=O) groups excluding carboxylic acids is 2. The lowest BCUT2D eigenvalue weighted by Gasteiger charge is -2.13. The molecule has 2 aromatic carbocycles. The Bertz CT molecular complexity index is 810. The van der Waals surface area contributed by atoms with Gasteiger partial charge >= 0.3 is 18.2 Å². The minimum atomic E-state index is -0.724. The van der Waals surface area contributed by atoms with Crippen molar-refractivity contribution in [2.45, 2.75) is 65.2 Å². The molecule has 0 bridgehead atoms. The number of ether oxygens (including phenoxy) is 2. The smallest absolute Gasteiger partial charge is 0.373 e. The lowest BCUT2D eigenvalue weighted by molar-refractivity contribution is -0.363. The average molecular weight is 501 g/mol. The van der Waals surface area contributed by atoms with Gasteiger partial charge in [-0.3, -0.25) is 9.78 Å². The molecule has 0 amide bonds. The van der Waals surface area contributed by atoms with Crippen molar-refractivity contribution in [1.29, 1.82) is 0 Å². The molecule has 0 unspecified atom stereocenters. The topological polar surface area (TPSA) is 89.5 Å². The Morgan fingerprint density at radius 1 is 0.639 bits per heavy atom. The molecule has 0 aliphatic rings. The summed E-state index contributed by atoms with van der Waals surface area (Å²) in [7, 11) is 0. The van der Waals surface area contributed by atoms with Crippen LogP contribution in [0.4, 0.5) is 0 Å². The molecule has 0 fully saturated rings. The molecule has 0 atom stereocenters. The lowest BCUT2D eigenvalue weighted by Crippen LogP contribution is -2.16. The third-order valence-electron chi connectivity index (χ3n) is 5.01. The van der Waals surface area contributed by atoms with E-state index in [-0.39, 0.29) is 23.8 Å². The lowest BCUT2D eigenvalue weighted by atomic mass is 10.2. The van der Waals surface area contributed by atoms with Gasteiger partial charge in [-0.1, -0.05) is 46.5 Å². The van der Waals surface area contributed by atoms with E-state index in [1.807, 2.05) is 0 Å². The van der Waals surface area contributed by atoms with E-state index in [4.69, 9.17) is 29.0 Å². The predicted molar refractivity (Wildman–Crippen MR) is 134 cm³/mol. The first-order valence-electron chi connectivity index (χ1n) is 12.5. The van der Waals surface area contributed by atoms with Crippen molar-refractivity contribution in [2.24, 2.45) is 0 Å². The van der Waals surface area contributed by atoms with Crippen molar-refractivity contribution in [3.05, 3.63) is 72.9 Å². The van der Waals surface area contributed by atoms with Gasteiger partial charge in [-0.05, 0) is 67.8 Å².